The van der Waals surface area contributed by atoms with Crippen LogP contribution in [0.3, 0.4) is 0 Å². The lowest BCUT2D eigenvalue weighted by Crippen LogP contribution is -2.27. The average Bonchev–Trinajstić information content (AvgIpc) is 2.50. The molecule has 0 aliphatic heterocycles. The highest BCUT2D eigenvalue weighted by molar-refractivity contribution is 5.76. The van der Waals surface area contributed by atoms with Gasteiger partial charge in [0.15, 0.2) is 0 Å². The van der Waals surface area contributed by atoms with Gasteiger partial charge in [-0.2, -0.15) is 0 Å². The largest absolute Gasteiger partial charge is 0.352 e. The Bertz CT molecular complexity index is 622. The van der Waals surface area contributed by atoms with Crippen LogP contribution in [-0.2, 0) is 17.9 Å². The van der Waals surface area contributed by atoms with E-state index in [0.29, 0.717) is 19.5 Å². The van der Waals surface area contributed by atoms with Gasteiger partial charge in [0.25, 0.3) is 0 Å². The van der Waals surface area contributed by atoms with Crippen LogP contribution in [0.25, 0.3) is 0 Å². The van der Waals surface area contributed by atoms with Crippen LogP contribution in [-0.4, -0.2) is 12.5 Å². The monoisotopic (exact) mass is 296 g/mol. The van der Waals surface area contributed by atoms with E-state index in [-0.39, 0.29) is 5.91 Å². The first-order valence-corrected chi connectivity index (χ1v) is 7.72. The van der Waals surface area contributed by atoms with Crippen molar-refractivity contribution in [2.75, 3.05) is 6.54 Å². The molecule has 2 aromatic rings. The second kappa shape index (κ2) is 8.35. The predicted octanol–water partition coefficient (Wildman–Crippen LogP) is 3.10. The Morgan fingerprint density at radius 1 is 0.909 bits per heavy atom. The molecule has 2 N–H and O–H groups in total. The molecule has 0 spiro atoms. The molecule has 0 saturated carbocycles. The van der Waals surface area contributed by atoms with Crippen LogP contribution < -0.4 is 10.6 Å². The van der Waals surface area contributed by atoms with Crippen LogP contribution in [0.2, 0.25) is 0 Å². The highest BCUT2D eigenvalue weighted by atomic mass is 16.1. The summed E-state index contributed by atoms with van der Waals surface area (Å²) in [5, 5.41) is 6.26. The number of carbonyl (C=O) groups is 1. The second-order valence-corrected chi connectivity index (χ2v) is 5.68. The third-order valence-electron chi connectivity index (χ3n) is 3.51. The van der Waals surface area contributed by atoms with Gasteiger partial charge in [-0.15, -0.1) is 0 Å². The lowest BCUT2D eigenvalue weighted by Gasteiger charge is -2.08. The Hall–Kier alpha value is -2.13. The van der Waals surface area contributed by atoms with E-state index in [1.165, 1.54) is 16.7 Å². The summed E-state index contributed by atoms with van der Waals surface area (Å²) in [6, 6.07) is 16.6. The van der Waals surface area contributed by atoms with Crippen molar-refractivity contribution in [3.8, 4) is 0 Å². The number of aryl methyl sites for hydroxylation is 2. The minimum Gasteiger partial charge on any atom is -0.352 e. The lowest BCUT2D eigenvalue weighted by molar-refractivity contribution is -0.121. The van der Waals surface area contributed by atoms with Crippen molar-refractivity contribution in [1.29, 1.82) is 0 Å². The number of rotatable bonds is 7. The fourth-order valence-corrected chi connectivity index (χ4v) is 2.37. The van der Waals surface area contributed by atoms with Gasteiger partial charge < -0.3 is 10.6 Å². The average molecular weight is 296 g/mol. The van der Waals surface area contributed by atoms with Crippen LogP contribution in [0.1, 0.15) is 28.7 Å². The number of nitrogens with one attached hydrogen (secondary N) is 2. The van der Waals surface area contributed by atoms with E-state index in [2.05, 4.69) is 60.9 Å². The maximum absolute atomic E-state index is 11.8. The Balaban J connectivity index is 1.63. The summed E-state index contributed by atoms with van der Waals surface area (Å²) in [7, 11) is 0. The van der Waals surface area contributed by atoms with Gasteiger partial charge in [0, 0.05) is 26.1 Å². The number of amides is 1. The first kappa shape index (κ1) is 16.2. The maximum atomic E-state index is 11.8. The van der Waals surface area contributed by atoms with Crippen molar-refractivity contribution in [1.82, 2.24) is 10.6 Å². The molecule has 3 nitrogen and oxygen atoms in total. The first-order valence-electron chi connectivity index (χ1n) is 7.72. The Morgan fingerprint density at radius 3 is 2.09 bits per heavy atom. The van der Waals surface area contributed by atoms with E-state index in [1.807, 2.05) is 12.1 Å². The molecule has 0 fully saturated rings. The van der Waals surface area contributed by atoms with E-state index in [0.717, 1.165) is 12.1 Å². The van der Waals surface area contributed by atoms with Crippen LogP contribution in [0.15, 0.2) is 48.5 Å². The first-order chi connectivity index (χ1) is 10.6. The van der Waals surface area contributed by atoms with E-state index in [4.69, 9.17) is 0 Å². The molecule has 2 aromatic carbocycles. The predicted molar refractivity (Wildman–Crippen MR) is 90.5 cm³/mol. The molecule has 0 unspecified atom stereocenters. The van der Waals surface area contributed by atoms with Gasteiger partial charge in [0.2, 0.25) is 5.91 Å². The zero-order valence-corrected chi connectivity index (χ0v) is 13.4. The Kier molecular flexibility index (Phi) is 6.16. The summed E-state index contributed by atoms with van der Waals surface area (Å²) in [5.41, 5.74) is 4.86. The van der Waals surface area contributed by atoms with Gasteiger partial charge in [0.1, 0.15) is 0 Å². The number of benzene rings is 2. The van der Waals surface area contributed by atoms with E-state index < -0.39 is 0 Å². The quantitative estimate of drug-likeness (QED) is 0.771. The summed E-state index contributed by atoms with van der Waals surface area (Å²) in [6.07, 6.45) is 0.498. The van der Waals surface area contributed by atoms with Crippen LogP contribution in [0.5, 0.6) is 0 Å². The topological polar surface area (TPSA) is 41.1 Å². The Morgan fingerprint density at radius 2 is 1.50 bits per heavy atom. The fraction of sp³-hybridized carbons (Fsp3) is 0.316. The molecule has 116 valence electrons. The van der Waals surface area contributed by atoms with E-state index >= 15 is 0 Å². The van der Waals surface area contributed by atoms with Crippen molar-refractivity contribution in [2.45, 2.75) is 33.4 Å². The molecule has 0 atom stereocenters. The number of hydrogen-bond donors (Lipinski definition) is 2. The summed E-state index contributed by atoms with van der Waals surface area (Å²) >= 11 is 0. The highest BCUT2D eigenvalue weighted by Gasteiger charge is 2.01. The molecule has 0 aliphatic carbocycles. The van der Waals surface area contributed by atoms with Gasteiger partial charge in [-0.3, -0.25) is 4.79 Å². The maximum Gasteiger partial charge on any atom is 0.221 e. The van der Waals surface area contributed by atoms with Gasteiger partial charge in [-0.1, -0.05) is 59.7 Å². The number of hydrogen-bond acceptors (Lipinski definition) is 2. The Labute approximate surface area is 132 Å². The smallest absolute Gasteiger partial charge is 0.221 e. The standard InChI is InChI=1S/C19H24N2O/c1-15-5-3-7-17(11-15)13-20-10-9-19(22)21-14-18-8-4-6-16(2)12-18/h3-8,11-12,20H,9-10,13-14H2,1-2H3,(H,21,22). The summed E-state index contributed by atoms with van der Waals surface area (Å²) in [5.74, 6) is 0.0817. The van der Waals surface area contributed by atoms with Gasteiger partial charge in [-0.25, -0.2) is 0 Å². The van der Waals surface area contributed by atoms with Gasteiger partial charge in [0.05, 0.1) is 0 Å². The molecule has 3 heteroatoms. The second-order valence-electron chi connectivity index (χ2n) is 5.68. The summed E-state index contributed by atoms with van der Waals surface area (Å²) in [6.45, 7) is 6.22. The van der Waals surface area contributed by atoms with E-state index in [9.17, 15) is 4.79 Å². The molecular weight excluding hydrogens is 272 g/mol. The van der Waals surface area contributed by atoms with Gasteiger partial charge >= 0.3 is 0 Å². The van der Waals surface area contributed by atoms with Crippen LogP contribution >= 0.6 is 0 Å². The highest BCUT2D eigenvalue weighted by Crippen LogP contribution is 2.04. The number of carbonyl (C=O) groups excluding carboxylic acids is 1. The van der Waals surface area contributed by atoms with Crippen molar-refractivity contribution < 1.29 is 4.79 Å². The molecule has 2 rings (SSSR count). The SMILES string of the molecule is Cc1cccc(CNCCC(=O)NCc2cccc(C)c2)c1. The van der Waals surface area contributed by atoms with Crippen molar-refractivity contribution in [3.05, 3.63) is 70.8 Å². The van der Waals surface area contributed by atoms with Gasteiger partial charge in [-0.05, 0) is 25.0 Å². The molecule has 0 aliphatic rings. The fourth-order valence-electron chi connectivity index (χ4n) is 2.37. The zero-order chi connectivity index (χ0) is 15.8. The molecule has 1 amide bonds. The summed E-state index contributed by atoms with van der Waals surface area (Å²) < 4.78 is 0. The van der Waals surface area contributed by atoms with Crippen molar-refractivity contribution in [2.24, 2.45) is 0 Å². The molecule has 0 heterocycles. The minimum absolute atomic E-state index is 0.0817. The van der Waals surface area contributed by atoms with Crippen LogP contribution in [0, 0.1) is 13.8 Å². The molecular formula is C19H24N2O. The molecule has 22 heavy (non-hydrogen) atoms. The third kappa shape index (κ3) is 5.70. The summed E-state index contributed by atoms with van der Waals surface area (Å²) in [4.78, 5) is 11.8. The molecule has 0 aromatic heterocycles. The van der Waals surface area contributed by atoms with Crippen molar-refractivity contribution in [3.63, 3.8) is 0 Å². The lowest BCUT2D eigenvalue weighted by atomic mass is 10.1. The molecule has 0 bridgehead atoms. The zero-order valence-electron chi connectivity index (χ0n) is 13.4. The minimum atomic E-state index is 0.0817. The third-order valence-corrected chi connectivity index (χ3v) is 3.51. The normalized spacial score (nSPS) is 10.5. The molecule has 0 radical (unpaired) electrons. The van der Waals surface area contributed by atoms with E-state index in [1.54, 1.807) is 0 Å². The molecule has 0 saturated heterocycles. The van der Waals surface area contributed by atoms with Crippen molar-refractivity contribution >= 4 is 5.91 Å². The van der Waals surface area contributed by atoms with Crippen LogP contribution in [0.4, 0.5) is 0 Å².